The van der Waals surface area contributed by atoms with Gasteiger partial charge in [-0.15, -0.1) is 0 Å². The summed E-state index contributed by atoms with van der Waals surface area (Å²) in [6, 6.07) is 7.52. The van der Waals surface area contributed by atoms with Crippen LogP contribution in [0.4, 0.5) is 29.2 Å². The zero-order chi connectivity index (χ0) is 27.0. The molecule has 4 heterocycles. The second kappa shape index (κ2) is 9.90. The lowest BCUT2D eigenvalue weighted by Crippen LogP contribution is -2.44. The number of hydrogen-bond donors (Lipinski definition) is 2. The number of alkyl halides is 3. The number of nitrogens with one attached hydrogen (secondary N) is 2. The summed E-state index contributed by atoms with van der Waals surface area (Å²) in [5.74, 6) is -0.277. The number of benzene rings is 1. The van der Waals surface area contributed by atoms with E-state index in [1.54, 1.807) is 13.0 Å². The van der Waals surface area contributed by atoms with E-state index in [0.717, 1.165) is 44.1 Å². The van der Waals surface area contributed by atoms with Gasteiger partial charge in [0.15, 0.2) is 0 Å². The minimum atomic E-state index is -4.58. The molecule has 5 rings (SSSR count). The summed E-state index contributed by atoms with van der Waals surface area (Å²) in [5.41, 5.74) is 1.01. The quantitative estimate of drug-likeness (QED) is 0.356. The Hall–Kier alpha value is -4.24. The maximum absolute atomic E-state index is 15.1. The van der Waals surface area contributed by atoms with E-state index < -0.39 is 17.8 Å². The van der Waals surface area contributed by atoms with Crippen molar-refractivity contribution in [2.24, 2.45) is 0 Å². The van der Waals surface area contributed by atoms with Crippen LogP contribution in [-0.4, -0.2) is 58.1 Å². The number of aromatic nitrogens is 4. The minimum Gasteiger partial charge on any atom is -0.369 e. The molecule has 38 heavy (non-hydrogen) atoms. The van der Waals surface area contributed by atoms with E-state index in [9.17, 15) is 18.4 Å². The number of halogens is 4. The fourth-order valence-corrected chi connectivity index (χ4v) is 4.49. The van der Waals surface area contributed by atoms with E-state index in [4.69, 9.17) is 0 Å². The molecule has 0 bridgehead atoms. The van der Waals surface area contributed by atoms with Crippen LogP contribution < -0.4 is 10.2 Å². The lowest BCUT2D eigenvalue weighted by Gasteiger charge is -2.34. The Morgan fingerprint density at radius 3 is 2.55 bits per heavy atom. The van der Waals surface area contributed by atoms with Crippen molar-refractivity contribution in [1.82, 2.24) is 24.8 Å². The SMILES string of the molecule is C[C@@H](Nc1ncc(C#N)c(-c2c[nH]c3ncc(C(F)(F)F)cc23)n1)c1ccc(N2CCN(C)CC2)cc1F. The van der Waals surface area contributed by atoms with E-state index >= 15 is 4.39 Å². The topological polar surface area (TPSA) is 96.8 Å². The molecule has 4 aromatic rings. The van der Waals surface area contributed by atoms with Crippen LogP contribution in [-0.2, 0) is 6.18 Å². The predicted molar refractivity (Wildman–Crippen MR) is 135 cm³/mol. The van der Waals surface area contributed by atoms with Gasteiger partial charge in [-0.1, -0.05) is 6.07 Å². The number of nitriles is 1. The number of nitrogens with zero attached hydrogens (tertiary/aromatic N) is 6. The first kappa shape index (κ1) is 25.4. The first-order valence-corrected chi connectivity index (χ1v) is 12.0. The van der Waals surface area contributed by atoms with Crippen molar-refractivity contribution >= 4 is 22.7 Å². The molecule has 0 spiro atoms. The van der Waals surface area contributed by atoms with Gasteiger partial charge in [-0.3, -0.25) is 0 Å². The van der Waals surface area contributed by atoms with E-state index in [2.05, 4.69) is 42.1 Å². The van der Waals surface area contributed by atoms with Crippen LogP contribution in [0.25, 0.3) is 22.3 Å². The molecule has 1 aliphatic heterocycles. The molecular formula is C26H24F4N8. The number of fused-ring (bicyclic) bond motifs is 1. The number of pyridine rings is 1. The number of rotatable bonds is 5. The molecule has 1 atom stereocenters. The molecule has 3 aromatic heterocycles. The molecule has 0 saturated carbocycles. The third-order valence-corrected chi connectivity index (χ3v) is 6.69. The number of likely N-dealkylation sites (N-methyl/N-ethyl adjacent to an activating group) is 1. The van der Waals surface area contributed by atoms with Crippen molar-refractivity contribution < 1.29 is 17.6 Å². The fraction of sp³-hybridized carbons (Fsp3) is 0.308. The summed E-state index contributed by atoms with van der Waals surface area (Å²) in [6.45, 7) is 5.20. The van der Waals surface area contributed by atoms with Crippen LogP contribution in [0.15, 0.2) is 42.9 Å². The van der Waals surface area contributed by atoms with Gasteiger partial charge in [0.2, 0.25) is 5.95 Å². The summed E-state index contributed by atoms with van der Waals surface area (Å²) in [7, 11) is 2.06. The monoisotopic (exact) mass is 524 g/mol. The Labute approximate surface area is 215 Å². The van der Waals surface area contributed by atoms with E-state index in [1.807, 2.05) is 12.1 Å². The zero-order valence-corrected chi connectivity index (χ0v) is 20.6. The van der Waals surface area contributed by atoms with Crippen molar-refractivity contribution in [3.63, 3.8) is 0 Å². The number of anilines is 2. The largest absolute Gasteiger partial charge is 0.417 e. The highest BCUT2D eigenvalue weighted by molar-refractivity contribution is 5.94. The van der Waals surface area contributed by atoms with Gasteiger partial charge in [0.05, 0.1) is 29.1 Å². The lowest BCUT2D eigenvalue weighted by atomic mass is 10.1. The average molecular weight is 525 g/mol. The summed E-state index contributed by atoms with van der Waals surface area (Å²) in [4.78, 5) is 19.6. The maximum Gasteiger partial charge on any atom is 0.417 e. The standard InChI is InChI=1S/C26H24F4N8/c1-15(19-4-3-18(10-22(19)27)38-7-5-37(2)6-8-38)35-25-34-12-16(11-31)23(36-25)21-14-33-24-20(21)9-17(13-32-24)26(28,29)30/h3-4,9-10,12-15H,5-8H2,1-2H3,(H,32,33)(H,34,35,36)/t15-/m1/s1. The molecule has 0 unspecified atom stereocenters. The van der Waals surface area contributed by atoms with E-state index in [-0.39, 0.29) is 39.6 Å². The molecule has 196 valence electrons. The summed E-state index contributed by atoms with van der Waals surface area (Å²) in [5, 5.41) is 12.8. The smallest absolute Gasteiger partial charge is 0.369 e. The van der Waals surface area contributed by atoms with Gasteiger partial charge in [-0.25, -0.2) is 19.3 Å². The molecule has 1 saturated heterocycles. The normalized spacial score (nSPS) is 15.4. The van der Waals surface area contributed by atoms with Crippen molar-refractivity contribution in [2.75, 3.05) is 43.4 Å². The van der Waals surface area contributed by atoms with Crippen LogP contribution in [0.1, 0.15) is 29.7 Å². The predicted octanol–water partition coefficient (Wildman–Crippen LogP) is 4.97. The molecule has 1 aliphatic rings. The van der Waals surface area contributed by atoms with Crippen LogP contribution in [0.5, 0.6) is 0 Å². The molecule has 1 aromatic carbocycles. The fourth-order valence-electron chi connectivity index (χ4n) is 4.49. The summed E-state index contributed by atoms with van der Waals surface area (Å²) >= 11 is 0. The molecule has 8 nitrogen and oxygen atoms in total. The highest BCUT2D eigenvalue weighted by Gasteiger charge is 2.32. The third-order valence-electron chi connectivity index (χ3n) is 6.69. The molecular weight excluding hydrogens is 500 g/mol. The Balaban J connectivity index is 1.42. The Morgan fingerprint density at radius 2 is 1.87 bits per heavy atom. The highest BCUT2D eigenvalue weighted by Crippen LogP contribution is 2.35. The van der Waals surface area contributed by atoms with Crippen molar-refractivity contribution in [2.45, 2.75) is 19.1 Å². The van der Waals surface area contributed by atoms with Crippen LogP contribution in [0.3, 0.4) is 0 Å². The Bertz CT molecular complexity index is 1520. The highest BCUT2D eigenvalue weighted by atomic mass is 19.4. The van der Waals surface area contributed by atoms with Crippen molar-refractivity contribution in [1.29, 1.82) is 5.26 Å². The van der Waals surface area contributed by atoms with Gasteiger partial charge in [-0.05, 0) is 32.2 Å². The van der Waals surface area contributed by atoms with Gasteiger partial charge in [0.25, 0.3) is 0 Å². The number of H-pyrrole nitrogens is 1. The molecule has 0 amide bonds. The minimum absolute atomic E-state index is 0.0734. The summed E-state index contributed by atoms with van der Waals surface area (Å²) < 4.78 is 54.9. The zero-order valence-electron chi connectivity index (χ0n) is 20.6. The molecule has 0 radical (unpaired) electrons. The third kappa shape index (κ3) is 4.97. The second-order valence-corrected chi connectivity index (χ2v) is 9.25. The lowest BCUT2D eigenvalue weighted by molar-refractivity contribution is -0.137. The van der Waals surface area contributed by atoms with Gasteiger partial charge < -0.3 is 20.1 Å². The first-order chi connectivity index (χ1) is 18.1. The first-order valence-electron chi connectivity index (χ1n) is 12.0. The molecule has 12 heteroatoms. The molecule has 2 N–H and O–H groups in total. The van der Waals surface area contributed by atoms with Crippen molar-refractivity contribution in [3.05, 3.63) is 65.4 Å². The van der Waals surface area contributed by atoms with E-state index in [1.165, 1.54) is 18.5 Å². The Kier molecular flexibility index (Phi) is 6.62. The second-order valence-electron chi connectivity index (χ2n) is 9.25. The number of hydrogen-bond acceptors (Lipinski definition) is 7. The van der Waals surface area contributed by atoms with Crippen molar-refractivity contribution in [3.8, 4) is 17.3 Å². The van der Waals surface area contributed by atoms with Crippen LogP contribution >= 0.6 is 0 Å². The van der Waals surface area contributed by atoms with Crippen LogP contribution in [0, 0.1) is 17.1 Å². The average Bonchev–Trinajstić information content (AvgIpc) is 3.31. The number of piperazine rings is 1. The Morgan fingerprint density at radius 1 is 1.11 bits per heavy atom. The molecule has 0 aliphatic carbocycles. The van der Waals surface area contributed by atoms with Crippen LogP contribution in [0.2, 0.25) is 0 Å². The summed E-state index contributed by atoms with van der Waals surface area (Å²) in [6.07, 6.45) is -1.10. The number of aromatic amines is 1. The van der Waals surface area contributed by atoms with Gasteiger partial charge in [-0.2, -0.15) is 18.4 Å². The van der Waals surface area contributed by atoms with E-state index in [0.29, 0.717) is 5.56 Å². The maximum atomic E-state index is 15.1. The van der Waals surface area contributed by atoms with Gasteiger partial charge in [0, 0.05) is 60.8 Å². The van der Waals surface area contributed by atoms with Gasteiger partial charge in [0.1, 0.15) is 17.5 Å². The molecule has 1 fully saturated rings. The van der Waals surface area contributed by atoms with Gasteiger partial charge >= 0.3 is 6.18 Å².